The topological polar surface area (TPSA) is 65.0 Å². The SMILES string of the molecule is CCCCCC(=O)NC1COC(CN2CCN(c3cccc(C(F)(F)F)c3)CC2)C1O. The molecule has 9 heteroatoms. The van der Waals surface area contributed by atoms with Crippen LogP contribution in [-0.2, 0) is 15.7 Å². The summed E-state index contributed by atoms with van der Waals surface area (Å²) in [6, 6.07) is 5.00. The second-order valence-corrected chi connectivity index (χ2v) is 8.33. The van der Waals surface area contributed by atoms with Gasteiger partial charge in [0.05, 0.1) is 24.3 Å². The summed E-state index contributed by atoms with van der Waals surface area (Å²) in [5, 5.41) is 13.4. The standard InChI is InChI=1S/C22H32F3N3O3/c1-2-3-4-8-20(29)26-18-15-31-19(21(18)30)14-27-9-11-28(12-10-27)17-7-5-6-16(13-17)22(23,24)25/h5-7,13,18-19,21,30H,2-4,8-12,14-15H2,1H3,(H,26,29). The number of benzene rings is 1. The van der Waals surface area contributed by atoms with Gasteiger partial charge in [-0.15, -0.1) is 0 Å². The number of amides is 1. The Morgan fingerprint density at radius 3 is 2.65 bits per heavy atom. The van der Waals surface area contributed by atoms with Crippen molar-refractivity contribution in [2.24, 2.45) is 0 Å². The van der Waals surface area contributed by atoms with Gasteiger partial charge in [0.1, 0.15) is 6.10 Å². The van der Waals surface area contributed by atoms with E-state index in [0.29, 0.717) is 44.8 Å². The molecule has 0 aromatic heterocycles. The van der Waals surface area contributed by atoms with E-state index in [4.69, 9.17) is 4.74 Å². The Morgan fingerprint density at radius 1 is 1.23 bits per heavy atom. The van der Waals surface area contributed by atoms with Crippen LogP contribution < -0.4 is 10.2 Å². The molecule has 2 heterocycles. The molecular formula is C22H32F3N3O3. The van der Waals surface area contributed by atoms with E-state index in [0.717, 1.165) is 25.3 Å². The highest BCUT2D eigenvalue weighted by molar-refractivity contribution is 5.76. The lowest BCUT2D eigenvalue weighted by molar-refractivity contribution is -0.137. The van der Waals surface area contributed by atoms with Crippen molar-refractivity contribution < 1.29 is 27.8 Å². The number of rotatable bonds is 8. The highest BCUT2D eigenvalue weighted by Gasteiger charge is 2.38. The summed E-state index contributed by atoms with van der Waals surface area (Å²) in [6.45, 7) is 5.42. The largest absolute Gasteiger partial charge is 0.416 e. The van der Waals surface area contributed by atoms with Gasteiger partial charge in [-0.2, -0.15) is 13.2 Å². The van der Waals surface area contributed by atoms with Crippen LogP contribution in [0, 0.1) is 0 Å². The van der Waals surface area contributed by atoms with E-state index < -0.39 is 23.9 Å². The Labute approximate surface area is 181 Å². The minimum Gasteiger partial charge on any atom is -0.388 e. The predicted molar refractivity (Wildman–Crippen MR) is 112 cm³/mol. The summed E-state index contributed by atoms with van der Waals surface area (Å²) in [5.74, 6) is -0.0588. The number of hydrogen-bond acceptors (Lipinski definition) is 5. The van der Waals surface area contributed by atoms with Crippen LogP contribution in [0.15, 0.2) is 24.3 Å². The number of carbonyl (C=O) groups is 1. The van der Waals surface area contributed by atoms with Crippen molar-refractivity contribution in [3.05, 3.63) is 29.8 Å². The normalized spacial score (nSPS) is 25.1. The number of halogens is 3. The highest BCUT2D eigenvalue weighted by Crippen LogP contribution is 2.32. The minimum absolute atomic E-state index is 0.0588. The van der Waals surface area contributed by atoms with Crippen molar-refractivity contribution in [3.63, 3.8) is 0 Å². The third-order valence-corrected chi connectivity index (χ3v) is 5.99. The van der Waals surface area contributed by atoms with E-state index in [1.807, 2.05) is 4.90 Å². The predicted octanol–water partition coefficient (Wildman–Crippen LogP) is 2.65. The molecule has 174 valence electrons. The molecule has 3 rings (SSSR count). The van der Waals surface area contributed by atoms with Crippen LogP contribution in [0.4, 0.5) is 18.9 Å². The molecule has 3 unspecified atom stereocenters. The van der Waals surface area contributed by atoms with Crippen LogP contribution in [-0.4, -0.2) is 73.5 Å². The van der Waals surface area contributed by atoms with Crippen LogP contribution in [0.5, 0.6) is 0 Å². The van der Waals surface area contributed by atoms with Gasteiger partial charge in [0.25, 0.3) is 0 Å². The summed E-state index contributed by atoms with van der Waals surface area (Å²) in [4.78, 5) is 16.1. The lowest BCUT2D eigenvalue weighted by Gasteiger charge is -2.37. The molecule has 2 N–H and O–H groups in total. The molecule has 2 fully saturated rings. The first-order chi connectivity index (χ1) is 14.8. The van der Waals surface area contributed by atoms with Gasteiger partial charge in [-0.05, 0) is 24.6 Å². The zero-order chi connectivity index (χ0) is 22.4. The maximum absolute atomic E-state index is 13.0. The van der Waals surface area contributed by atoms with Gasteiger partial charge >= 0.3 is 6.18 Å². The summed E-state index contributed by atoms with van der Waals surface area (Å²) >= 11 is 0. The fourth-order valence-electron chi connectivity index (χ4n) is 4.11. The molecule has 3 atom stereocenters. The number of piperazine rings is 1. The Bertz CT molecular complexity index is 723. The Hall–Kier alpha value is -1.84. The first-order valence-corrected chi connectivity index (χ1v) is 11.0. The van der Waals surface area contributed by atoms with Crippen molar-refractivity contribution in [2.75, 3.05) is 44.2 Å². The number of anilines is 1. The number of ether oxygens (including phenoxy) is 1. The number of unbranched alkanes of at least 4 members (excludes halogenated alkanes) is 2. The summed E-state index contributed by atoms with van der Waals surface area (Å²) in [5.41, 5.74) is -0.0739. The maximum Gasteiger partial charge on any atom is 0.416 e. The first kappa shape index (κ1) is 23.8. The second kappa shape index (κ2) is 10.7. The maximum atomic E-state index is 13.0. The summed E-state index contributed by atoms with van der Waals surface area (Å²) in [7, 11) is 0. The summed E-state index contributed by atoms with van der Waals surface area (Å²) in [6.07, 6.45) is -2.16. The van der Waals surface area contributed by atoms with Crippen molar-refractivity contribution in [3.8, 4) is 0 Å². The van der Waals surface area contributed by atoms with Crippen molar-refractivity contribution in [2.45, 2.75) is 57.0 Å². The van der Waals surface area contributed by atoms with Crippen LogP contribution in [0.25, 0.3) is 0 Å². The zero-order valence-electron chi connectivity index (χ0n) is 17.9. The average Bonchev–Trinajstić information content (AvgIpc) is 3.07. The van der Waals surface area contributed by atoms with Gasteiger partial charge in [0.2, 0.25) is 5.91 Å². The molecule has 2 aliphatic heterocycles. The van der Waals surface area contributed by atoms with E-state index in [1.165, 1.54) is 12.1 Å². The number of hydrogen-bond donors (Lipinski definition) is 2. The van der Waals surface area contributed by atoms with Crippen molar-refractivity contribution >= 4 is 11.6 Å². The van der Waals surface area contributed by atoms with Gasteiger partial charge < -0.3 is 20.1 Å². The third-order valence-electron chi connectivity index (χ3n) is 5.99. The second-order valence-electron chi connectivity index (χ2n) is 8.33. The molecular weight excluding hydrogens is 411 g/mol. The van der Waals surface area contributed by atoms with E-state index in [-0.39, 0.29) is 18.6 Å². The van der Waals surface area contributed by atoms with Crippen molar-refractivity contribution in [1.29, 1.82) is 0 Å². The van der Waals surface area contributed by atoms with E-state index >= 15 is 0 Å². The van der Waals surface area contributed by atoms with Crippen molar-refractivity contribution in [1.82, 2.24) is 10.2 Å². The number of nitrogens with one attached hydrogen (secondary N) is 1. The number of carbonyl (C=O) groups excluding carboxylic acids is 1. The molecule has 0 aliphatic carbocycles. The Balaban J connectivity index is 1.44. The fraction of sp³-hybridized carbons (Fsp3) is 0.682. The van der Waals surface area contributed by atoms with Gasteiger partial charge in [0.15, 0.2) is 0 Å². The van der Waals surface area contributed by atoms with E-state index in [2.05, 4.69) is 17.1 Å². The smallest absolute Gasteiger partial charge is 0.388 e. The molecule has 6 nitrogen and oxygen atoms in total. The highest BCUT2D eigenvalue weighted by atomic mass is 19.4. The zero-order valence-corrected chi connectivity index (χ0v) is 17.9. The number of alkyl halides is 3. The Morgan fingerprint density at radius 2 is 1.97 bits per heavy atom. The summed E-state index contributed by atoms with van der Waals surface area (Å²) < 4.78 is 44.6. The molecule has 31 heavy (non-hydrogen) atoms. The molecule has 1 amide bonds. The van der Waals surface area contributed by atoms with E-state index in [9.17, 15) is 23.1 Å². The third kappa shape index (κ3) is 6.57. The average molecular weight is 444 g/mol. The van der Waals surface area contributed by atoms with Crippen LogP contribution in [0.1, 0.15) is 38.2 Å². The number of nitrogens with zero attached hydrogens (tertiary/aromatic N) is 2. The van der Waals surface area contributed by atoms with Gasteiger partial charge in [-0.3, -0.25) is 9.69 Å². The van der Waals surface area contributed by atoms with Gasteiger partial charge in [0, 0.05) is 44.8 Å². The Kier molecular flexibility index (Phi) is 8.18. The number of aliphatic hydroxyl groups is 1. The monoisotopic (exact) mass is 443 g/mol. The van der Waals surface area contributed by atoms with Crippen LogP contribution in [0.2, 0.25) is 0 Å². The lowest BCUT2D eigenvalue weighted by Crippen LogP contribution is -2.51. The first-order valence-electron chi connectivity index (χ1n) is 11.0. The molecule has 2 saturated heterocycles. The number of aliphatic hydroxyl groups excluding tert-OH is 1. The van der Waals surface area contributed by atoms with Crippen LogP contribution in [0.3, 0.4) is 0 Å². The molecule has 1 aromatic rings. The van der Waals surface area contributed by atoms with Gasteiger partial charge in [-0.25, -0.2) is 0 Å². The van der Waals surface area contributed by atoms with E-state index in [1.54, 1.807) is 6.07 Å². The fourth-order valence-corrected chi connectivity index (χ4v) is 4.11. The molecule has 2 aliphatic rings. The molecule has 0 bridgehead atoms. The quantitative estimate of drug-likeness (QED) is 0.605. The molecule has 0 saturated carbocycles. The lowest BCUT2D eigenvalue weighted by atomic mass is 10.1. The molecule has 0 spiro atoms. The van der Waals surface area contributed by atoms with Gasteiger partial charge in [-0.1, -0.05) is 25.8 Å². The molecule has 0 radical (unpaired) electrons. The van der Waals surface area contributed by atoms with Crippen LogP contribution >= 0.6 is 0 Å². The minimum atomic E-state index is -4.35. The molecule has 1 aromatic carbocycles.